The monoisotopic (exact) mass is 305 g/mol. The molecule has 7 radical (unpaired) electrons. The number of rotatable bonds is 0. The molecule has 0 aliphatic carbocycles. The van der Waals surface area contributed by atoms with E-state index in [0.717, 1.165) is 0 Å². The van der Waals surface area contributed by atoms with Crippen LogP contribution in [-0.4, -0.2) is 32.3 Å². The van der Waals surface area contributed by atoms with Crippen molar-refractivity contribution in [2.75, 3.05) is 0 Å². The first-order valence-electron chi connectivity index (χ1n) is 0.309. The molecule has 0 unspecified atom stereocenters. The molecule has 0 atom stereocenters. The summed E-state index contributed by atoms with van der Waals surface area (Å²) < 4.78 is 3.88. The molecular weight excluding hydrogens is 305 g/mol. The Morgan fingerprint density at radius 3 is 1.20 bits per heavy atom. The smallest absolute Gasteiger partial charge is 0.115 e. The SMILES string of the molecule is BrOBr.[B].[Sn]. The molecule has 0 saturated heterocycles. The van der Waals surface area contributed by atoms with Crippen molar-refractivity contribution in [3.05, 3.63) is 0 Å². The average molecular weight is 305 g/mol. The molecule has 0 aliphatic heterocycles. The van der Waals surface area contributed by atoms with Gasteiger partial charge in [0.15, 0.2) is 0 Å². The Bertz CT molecular complexity index is 9.61. The zero-order chi connectivity index (χ0) is 2.71. The van der Waals surface area contributed by atoms with E-state index in [1.54, 1.807) is 0 Å². The molecule has 0 saturated carbocycles. The fraction of sp³-hybridized carbons (Fsp3) is 0. The maximum Gasteiger partial charge on any atom is 0.115 e. The minimum Gasteiger partial charge on any atom is -0.230 e. The van der Waals surface area contributed by atoms with E-state index in [2.05, 4.69) is 35.4 Å². The van der Waals surface area contributed by atoms with Crippen molar-refractivity contribution in [2.45, 2.75) is 0 Å². The summed E-state index contributed by atoms with van der Waals surface area (Å²) in [5.74, 6) is 0. The minimum atomic E-state index is 0. The fourth-order valence-corrected chi connectivity index (χ4v) is 0. The van der Waals surface area contributed by atoms with Gasteiger partial charge in [0.25, 0.3) is 0 Å². The summed E-state index contributed by atoms with van der Waals surface area (Å²) in [5, 5.41) is 0. The quantitative estimate of drug-likeness (QED) is 0.603. The molecule has 0 bridgehead atoms. The van der Waals surface area contributed by atoms with Gasteiger partial charge in [-0.3, -0.25) is 0 Å². The second kappa shape index (κ2) is 17.1. The van der Waals surface area contributed by atoms with E-state index in [1.807, 2.05) is 0 Å². The van der Waals surface area contributed by atoms with Crippen LogP contribution in [-0.2, 0) is 2.92 Å². The maximum atomic E-state index is 3.88. The van der Waals surface area contributed by atoms with Crippen LogP contribution in [0.3, 0.4) is 0 Å². The van der Waals surface area contributed by atoms with Gasteiger partial charge in [-0.15, -0.1) is 0 Å². The normalized spacial score (nSPS) is 3.60. The van der Waals surface area contributed by atoms with Crippen LogP contribution in [0, 0.1) is 0 Å². The molecule has 0 aromatic carbocycles. The Kier molecular flexibility index (Phi) is 54.1. The topological polar surface area (TPSA) is 9.23 Å². The summed E-state index contributed by atoms with van der Waals surface area (Å²) in [7, 11) is 0. The second-order valence-corrected chi connectivity index (χ2v) is 1.57. The summed E-state index contributed by atoms with van der Waals surface area (Å²) in [6.07, 6.45) is 0. The Labute approximate surface area is 67.3 Å². The predicted molar refractivity (Wildman–Crippen MR) is 30.4 cm³/mol. The van der Waals surface area contributed by atoms with E-state index in [9.17, 15) is 0 Å². The Morgan fingerprint density at radius 1 is 1.20 bits per heavy atom. The number of halogens is 2. The van der Waals surface area contributed by atoms with Crippen LogP contribution in [0.15, 0.2) is 0 Å². The molecule has 0 rings (SSSR count). The van der Waals surface area contributed by atoms with Gasteiger partial charge >= 0.3 is 0 Å². The van der Waals surface area contributed by atoms with Gasteiger partial charge in [0.2, 0.25) is 0 Å². The second-order valence-electron chi connectivity index (χ2n) is 0.0583. The molecule has 5 heavy (non-hydrogen) atoms. The molecule has 0 spiro atoms. The van der Waals surface area contributed by atoms with Crippen LogP contribution < -0.4 is 0 Å². The maximum absolute atomic E-state index is 3.88. The zero-order valence-corrected chi connectivity index (χ0v) is 8.27. The summed E-state index contributed by atoms with van der Waals surface area (Å²) in [6, 6.07) is 0. The van der Waals surface area contributed by atoms with Crippen molar-refractivity contribution in [1.82, 2.24) is 0 Å². The van der Waals surface area contributed by atoms with Crippen molar-refractivity contribution >= 4 is 64.8 Å². The first-order chi connectivity index (χ1) is 1.41. The largest absolute Gasteiger partial charge is 0.230 e. The van der Waals surface area contributed by atoms with Gasteiger partial charge in [0.1, 0.15) is 32.5 Å². The van der Waals surface area contributed by atoms with E-state index in [0.29, 0.717) is 0 Å². The van der Waals surface area contributed by atoms with Gasteiger partial charge in [0.05, 0.1) is 0 Å². The van der Waals surface area contributed by atoms with Crippen molar-refractivity contribution in [1.29, 1.82) is 0 Å². The van der Waals surface area contributed by atoms with Crippen LogP contribution in [0.25, 0.3) is 0 Å². The van der Waals surface area contributed by atoms with Crippen molar-refractivity contribution in [3.8, 4) is 0 Å². The molecule has 0 fully saturated rings. The van der Waals surface area contributed by atoms with Gasteiger partial charge in [0, 0.05) is 32.3 Å². The first kappa shape index (κ1) is 15.9. The van der Waals surface area contributed by atoms with E-state index in [4.69, 9.17) is 0 Å². The van der Waals surface area contributed by atoms with E-state index in [1.165, 1.54) is 0 Å². The fourth-order valence-electron chi connectivity index (χ4n) is 0. The average Bonchev–Trinajstić information content (AvgIpc) is 0.918. The molecule has 0 aromatic rings. The summed E-state index contributed by atoms with van der Waals surface area (Å²) in [6.45, 7) is 0. The number of hydrogen-bond donors (Lipinski definition) is 0. The van der Waals surface area contributed by atoms with Crippen LogP contribution >= 0.6 is 32.5 Å². The molecule has 1 nitrogen and oxygen atoms in total. The Balaban J connectivity index is -0.0000000200. The molecule has 0 amide bonds. The zero-order valence-electron chi connectivity index (χ0n) is 2.24. The Morgan fingerprint density at radius 2 is 1.20 bits per heavy atom. The molecule has 5 heteroatoms. The van der Waals surface area contributed by atoms with E-state index < -0.39 is 0 Å². The summed E-state index contributed by atoms with van der Waals surface area (Å²) in [5.41, 5.74) is 0. The molecule has 0 aliphatic rings. The summed E-state index contributed by atoms with van der Waals surface area (Å²) >= 11 is 5.12. The van der Waals surface area contributed by atoms with E-state index in [-0.39, 0.29) is 32.3 Å². The predicted octanol–water partition coefficient (Wildman–Crippen LogP) is 0.861. The van der Waals surface area contributed by atoms with Crippen LogP contribution in [0.1, 0.15) is 0 Å². The molecule has 0 aromatic heterocycles. The number of hydrogen-bond acceptors (Lipinski definition) is 1. The van der Waals surface area contributed by atoms with Gasteiger partial charge in [-0.25, -0.2) is 2.92 Å². The van der Waals surface area contributed by atoms with Crippen LogP contribution in [0.4, 0.5) is 0 Å². The Hall–Kier alpha value is 1.78. The van der Waals surface area contributed by atoms with Crippen molar-refractivity contribution in [3.63, 3.8) is 0 Å². The van der Waals surface area contributed by atoms with Crippen LogP contribution in [0.5, 0.6) is 0 Å². The molecule has 0 heterocycles. The standard InChI is InChI=1S/B.Br2O.Sn/c;1-3-2;. The molecule has 0 N–H and O–H groups in total. The van der Waals surface area contributed by atoms with Gasteiger partial charge < -0.3 is 0 Å². The van der Waals surface area contributed by atoms with Crippen LogP contribution in [0.2, 0.25) is 0 Å². The molecular formula is BBr2OSn. The van der Waals surface area contributed by atoms with Crippen molar-refractivity contribution in [2.24, 2.45) is 0 Å². The minimum absolute atomic E-state index is 0. The third kappa shape index (κ3) is 26.0. The first-order valence-corrected chi connectivity index (χ1v) is 1.60. The third-order valence-corrected chi connectivity index (χ3v) is 0. The van der Waals surface area contributed by atoms with Gasteiger partial charge in [-0.2, -0.15) is 0 Å². The molecule has 27 valence electrons. The third-order valence-electron chi connectivity index (χ3n) is 0. The summed E-state index contributed by atoms with van der Waals surface area (Å²) in [4.78, 5) is 0. The van der Waals surface area contributed by atoms with Gasteiger partial charge in [-0.1, -0.05) is 0 Å². The van der Waals surface area contributed by atoms with Gasteiger partial charge in [-0.05, 0) is 0 Å². The van der Waals surface area contributed by atoms with Crippen molar-refractivity contribution < 1.29 is 2.92 Å². The van der Waals surface area contributed by atoms with E-state index >= 15 is 0 Å².